The molecule has 1 atom stereocenters. The average Bonchev–Trinajstić information content (AvgIpc) is 2.74. The summed E-state index contributed by atoms with van der Waals surface area (Å²) in [7, 11) is -3.98. The summed E-state index contributed by atoms with van der Waals surface area (Å²) >= 11 is 0. The molecule has 32 heavy (non-hydrogen) atoms. The Bertz CT molecular complexity index is 1210. The molecule has 0 aliphatic rings. The molecular formula is C25H27FN2O3S. The topological polar surface area (TPSA) is 66.5 Å². The number of anilines is 1. The van der Waals surface area contributed by atoms with Gasteiger partial charge in [0.2, 0.25) is 5.91 Å². The molecule has 0 saturated carbocycles. The van der Waals surface area contributed by atoms with E-state index in [0.717, 1.165) is 26.6 Å². The number of rotatable bonds is 7. The highest BCUT2D eigenvalue weighted by atomic mass is 32.2. The van der Waals surface area contributed by atoms with E-state index in [1.54, 1.807) is 43.3 Å². The van der Waals surface area contributed by atoms with Crippen molar-refractivity contribution in [2.24, 2.45) is 0 Å². The van der Waals surface area contributed by atoms with Crippen LogP contribution in [0.1, 0.15) is 35.2 Å². The van der Waals surface area contributed by atoms with E-state index in [9.17, 15) is 17.6 Å². The van der Waals surface area contributed by atoms with Crippen LogP contribution in [0.5, 0.6) is 0 Å². The molecule has 3 aromatic carbocycles. The number of amides is 1. The van der Waals surface area contributed by atoms with Crippen molar-refractivity contribution in [1.82, 2.24) is 5.32 Å². The number of carbonyl (C=O) groups is 1. The second kappa shape index (κ2) is 9.53. The van der Waals surface area contributed by atoms with Crippen LogP contribution in [0, 0.1) is 26.6 Å². The first kappa shape index (κ1) is 23.5. The zero-order chi connectivity index (χ0) is 23.5. The predicted molar refractivity (Wildman–Crippen MR) is 125 cm³/mol. The van der Waals surface area contributed by atoms with Crippen molar-refractivity contribution in [2.45, 2.75) is 38.6 Å². The first-order valence-corrected chi connectivity index (χ1v) is 11.7. The highest BCUT2D eigenvalue weighted by Gasteiger charge is 2.28. The number of nitrogens with zero attached hydrogens (tertiary/aromatic N) is 1. The summed E-state index contributed by atoms with van der Waals surface area (Å²) < 4.78 is 41.3. The molecule has 5 nitrogen and oxygen atoms in total. The number of hydrogen-bond acceptors (Lipinski definition) is 3. The van der Waals surface area contributed by atoms with E-state index < -0.39 is 22.0 Å². The van der Waals surface area contributed by atoms with Gasteiger partial charge in [-0.3, -0.25) is 9.10 Å². The maximum atomic E-state index is 13.5. The zero-order valence-corrected chi connectivity index (χ0v) is 19.4. The Morgan fingerprint density at radius 3 is 2.16 bits per heavy atom. The molecule has 1 N–H and O–H groups in total. The number of aryl methyl sites for hydroxylation is 3. The molecule has 0 aromatic heterocycles. The maximum Gasteiger partial charge on any atom is 0.264 e. The number of nitrogens with one attached hydrogen (secondary N) is 1. The van der Waals surface area contributed by atoms with E-state index in [-0.39, 0.29) is 17.3 Å². The molecule has 3 aromatic rings. The molecule has 0 saturated heterocycles. The van der Waals surface area contributed by atoms with Crippen LogP contribution in [0.25, 0.3) is 0 Å². The summed E-state index contributed by atoms with van der Waals surface area (Å²) in [5, 5.41) is 2.81. The maximum absolute atomic E-state index is 13.5. The molecule has 0 unspecified atom stereocenters. The highest BCUT2D eigenvalue weighted by molar-refractivity contribution is 7.92. The first-order valence-electron chi connectivity index (χ1n) is 10.3. The number of hydrogen-bond donors (Lipinski definition) is 1. The Labute approximate surface area is 188 Å². The molecule has 7 heteroatoms. The Kier molecular flexibility index (Phi) is 6.99. The van der Waals surface area contributed by atoms with Gasteiger partial charge in [0, 0.05) is 0 Å². The van der Waals surface area contributed by atoms with Gasteiger partial charge in [-0.15, -0.1) is 0 Å². The van der Waals surface area contributed by atoms with Crippen LogP contribution >= 0.6 is 0 Å². The monoisotopic (exact) mass is 454 g/mol. The van der Waals surface area contributed by atoms with Gasteiger partial charge in [-0.2, -0.15) is 0 Å². The normalized spacial score (nSPS) is 12.3. The van der Waals surface area contributed by atoms with Crippen molar-refractivity contribution < 1.29 is 17.6 Å². The van der Waals surface area contributed by atoms with Gasteiger partial charge in [0.05, 0.1) is 16.6 Å². The minimum Gasteiger partial charge on any atom is -0.348 e. The van der Waals surface area contributed by atoms with Gasteiger partial charge in [-0.25, -0.2) is 12.8 Å². The second-order valence-corrected chi connectivity index (χ2v) is 9.80. The van der Waals surface area contributed by atoms with Crippen LogP contribution in [-0.4, -0.2) is 20.9 Å². The average molecular weight is 455 g/mol. The van der Waals surface area contributed by atoms with Crippen LogP contribution in [0.2, 0.25) is 0 Å². The van der Waals surface area contributed by atoms with Crippen LogP contribution in [-0.2, 0) is 14.8 Å². The summed E-state index contributed by atoms with van der Waals surface area (Å²) in [5.74, 6) is -0.826. The van der Waals surface area contributed by atoms with E-state index in [2.05, 4.69) is 5.32 Å². The summed E-state index contributed by atoms with van der Waals surface area (Å²) in [6.45, 7) is 7.09. The third kappa shape index (κ3) is 5.34. The minimum atomic E-state index is -3.98. The van der Waals surface area contributed by atoms with Gasteiger partial charge in [0.15, 0.2) is 0 Å². The number of benzene rings is 3. The van der Waals surface area contributed by atoms with Crippen LogP contribution in [0.3, 0.4) is 0 Å². The van der Waals surface area contributed by atoms with Crippen molar-refractivity contribution >= 4 is 21.6 Å². The van der Waals surface area contributed by atoms with Crippen molar-refractivity contribution in [3.05, 3.63) is 94.8 Å². The molecule has 1 amide bonds. The van der Waals surface area contributed by atoms with E-state index >= 15 is 0 Å². The molecule has 0 aliphatic carbocycles. The SMILES string of the molecule is Cc1ccc(S(=O)(=O)N(CC(=O)N[C@@H](C)c2ccc(F)cc2)c2ccc(C)c(C)c2)cc1. The predicted octanol–water partition coefficient (Wildman–Crippen LogP) is 4.82. The number of halogens is 1. The Morgan fingerprint density at radius 2 is 1.56 bits per heavy atom. The zero-order valence-electron chi connectivity index (χ0n) is 18.6. The molecule has 0 heterocycles. The first-order chi connectivity index (χ1) is 15.1. The Hall–Kier alpha value is -3.19. The fourth-order valence-electron chi connectivity index (χ4n) is 3.29. The van der Waals surface area contributed by atoms with Crippen molar-refractivity contribution in [3.8, 4) is 0 Å². The molecule has 0 spiro atoms. The fourth-order valence-corrected chi connectivity index (χ4v) is 4.70. The lowest BCUT2D eigenvalue weighted by atomic mass is 10.1. The second-order valence-electron chi connectivity index (χ2n) is 7.93. The molecule has 0 fully saturated rings. The smallest absolute Gasteiger partial charge is 0.264 e. The van der Waals surface area contributed by atoms with Gasteiger partial charge in [0.25, 0.3) is 10.0 Å². The molecule has 0 aliphatic heterocycles. The summed E-state index contributed by atoms with van der Waals surface area (Å²) in [4.78, 5) is 13.0. The van der Waals surface area contributed by atoms with Crippen LogP contribution < -0.4 is 9.62 Å². The Morgan fingerprint density at radius 1 is 0.938 bits per heavy atom. The quantitative estimate of drug-likeness (QED) is 0.556. The standard InChI is InChI=1S/C25H27FN2O3S/c1-17-5-13-24(14-6-17)32(30,31)28(23-12-7-18(2)19(3)15-23)16-25(29)27-20(4)21-8-10-22(26)11-9-21/h5-15,20H,16H2,1-4H3,(H,27,29)/t20-/m0/s1. The van der Waals surface area contributed by atoms with Crippen LogP contribution in [0.4, 0.5) is 10.1 Å². The van der Waals surface area contributed by atoms with Gasteiger partial charge in [-0.05, 0) is 80.8 Å². The van der Waals surface area contributed by atoms with Gasteiger partial charge >= 0.3 is 0 Å². The number of sulfonamides is 1. The van der Waals surface area contributed by atoms with E-state index in [4.69, 9.17) is 0 Å². The molecule has 3 rings (SSSR count). The highest BCUT2D eigenvalue weighted by Crippen LogP contribution is 2.26. The third-order valence-corrected chi connectivity index (χ3v) is 7.21. The number of carbonyl (C=O) groups excluding carboxylic acids is 1. The Balaban J connectivity index is 1.91. The van der Waals surface area contributed by atoms with E-state index in [0.29, 0.717) is 5.69 Å². The van der Waals surface area contributed by atoms with Gasteiger partial charge in [0.1, 0.15) is 12.4 Å². The lowest BCUT2D eigenvalue weighted by Gasteiger charge is -2.26. The molecular weight excluding hydrogens is 427 g/mol. The largest absolute Gasteiger partial charge is 0.348 e. The lowest BCUT2D eigenvalue weighted by Crippen LogP contribution is -2.41. The summed E-state index contributed by atoms with van der Waals surface area (Å²) in [6.07, 6.45) is 0. The molecule has 0 bridgehead atoms. The van der Waals surface area contributed by atoms with Gasteiger partial charge < -0.3 is 5.32 Å². The molecule has 168 valence electrons. The fraction of sp³-hybridized carbons (Fsp3) is 0.240. The van der Waals surface area contributed by atoms with E-state index in [1.807, 2.05) is 26.8 Å². The summed E-state index contributed by atoms with van der Waals surface area (Å²) in [6, 6.07) is 17.2. The van der Waals surface area contributed by atoms with Crippen molar-refractivity contribution in [3.63, 3.8) is 0 Å². The van der Waals surface area contributed by atoms with Crippen molar-refractivity contribution in [2.75, 3.05) is 10.8 Å². The third-order valence-electron chi connectivity index (χ3n) is 5.42. The van der Waals surface area contributed by atoms with Crippen LogP contribution in [0.15, 0.2) is 71.6 Å². The summed E-state index contributed by atoms with van der Waals surface area (Å²) in [5.41, 5.74) is 4.02. The van der Waals surface area contributed by atoms with E-state index in [1.165, 1.54) is 24.3 Å². The minimum absolute atomic E-state index is 0.112. The van der Waals surface area contributed by atoms with Crippen molar-refractivity contribution in [1.29, 1.82) is 0 Å². The lowest BCUT2D eigenvalue weighted by molar-refractivity contribution is -0.120. The van der Waals surface area contributed by atoms with Gasteiger partial charge in [-0.1, -0.05) is 35.9 Å². The molecule has 0 radical (unpaired) electrons.